The van der Waals surface area contributed by atoms with Crippen molar-refractivity contribution in [2.75, 3.05) is 38.7 Å². The van der Waals surface area contributed by atoms with E-state index in [1.807, 2.05) is 6.26 Å². The molecular formula is C11H20N2O3S. The number of piperidine rings is 1. The molecule has 0 bridgehead atoms. The maximum Gasteiger partial charge on any atom is 0.319 e. The Morgan fingerprint density at radius 1 is 1.53 bits per heavy atom. The number of hydrogen-bond acceptors (Lipinski definition) is 3. The molecule has 1 heterocycles. The van der Waals surface area contributed by atoms with Crippen LogP contribution in [0.2, 0.25) is 0 Å². The molecule has 1 aliphatic rings. The molecule has 1 fully saturated rings. The van der Waals surface area contributed by atoms with E-state index in [4.69, 9.17) is 5.11 Å². The predicted octanol–water partition coefficient (Wildman–Crippen LogP) is 1.20. The Kier molecular flexibility index (Phi) is 5.61. The van der Waals surface area contributed by atoms with Gasteiger partial charge < -0.3 is 14.9 Å². The lowest BCUT2D eigenvalue weighted by Gasteiger charge is -2.33. The van der Waals surface area contributed by atoms with Crippen LogP contribution in [0.5, 0.6) is 0 Å². The summed E-state index contributed by atoms with van der Waals surface area (Å²) in [6, 6.07) is -0.0509. The van der Waals surface area contributed by atoms with Crippen LogP contribution in [0.25, 0.3) is 0 Å². The van der Waals surface area contributed by atoms with Gasteiger partial charge in [-0.2, -0.15) is 11.8 Å². The Labute approximate surface area is 106 Å². The molecule has 1 atom stereocenters. The summed E-state index contributed by atoms with van der Waals surface area (Å²) in [6.45, 7) is 1.72. The Morgan fingerprint density at radius 3 is 2.82 bits per heavy atom. The van der Waals surface area contributed by atoms with Crippen molar-refractivity contribution in [1.29, 1.82) is 0 Å². The molecule has 0 radical (unpaired) electrons. The molecule has 1 aliphatic heterocycles. The third-order valence-electron chi connectivity index (χ3n) is 3.00. The van der Waals surface area contributed by atoms with Gasteiger partial charge >= 0.3 is 12.0 Å². The Bertz CT molecular complexity index is 286. The molecule has 5 nitrogen and oxygen atoms in total. The smallest absolute Gasteiger partial charge is 0.319 e. The number of urea groups is 1. The minimum absolute atomic E-state index is 0.0509. The standard InChI is InChI=1S/C11H20N2O3S/c1-12(6-7-17-2)11(16)13-5-3-4-9(8-13)10(14)15/h9H,3-8H2,1-2H3,(H,14,15). The Morgan fingerprint density at radius 2 is 2.24 bits per heavy atom. The number of hydrogen-bond donors (Lipinski definition) is 1. The molecule has 17 heavy (non-hydrogen) atoms. The molecule has 6 heteroatoms. The lowest BCUT2D eigenvalue weighted by atomic mass is 9.99. The van der Waals surface area contributed by atoms with Crippen molar-refractivity contribution in [3.8, 4) is 0 Å². The summed E-state index contributed by atoms with van der Waals surface area (Å²) in [4.78, 5) is 26.3. The fraction of sp³-hybridized carbons (Fsp3) is 0.818. The highest BCUT2D eigenvalue weighted by atomic mass is 32.2. The number of carbonyl (C=O) groups is 2. The number of carboxylic acids is 1. The van der Waals surface area contributed by atoms with Crippen molar-refractivity contribution in [3.05, 3.63) is 0 Å². The van der Waals surface area contributed by atoms with E-state index in [1.54, 1.807) is 28.6 Å². The molecule has 0 aromatic heterocycles. The molecule has 0 saturated carbocycles. The summed E-state index contributed by atoms with van der Waals surface area (Å²) in [5.74, 6) is -0.297. The highest BCUT2D eigenvalue weighted by molar-refractivity contribution is 7.98. The minimum Gasteiger partial charge on any atom is -0.481 e. The zero-order valence-electron chi connectivity index (χ0n) is 10.4. The highest BCUT2D eigenvalue weighted by Crippen LogP contribution is 2.17. The molecule has 1 N–H and O–H groups in total. The van der Waals surface area contributed by atoms with Crippen LogP contribution in [0.1, 0.15) is 12.8 Å². The van der Waals surface area contributed by atoms with Crippen molar-refractivity contribution in [1.82, 2.24) is 9.80 Å². The first-order chi connectivity index (χ1) is 8.06. The van der Waals surface area contributed by atoms with Crippen LogP contribution in [0.4, 0.5) is 4.79 Å². The first-order valence-corrected chi connectivity index (χ1v) is 7.17. The summed E-state index contributed by atoms with van der Waals surface area (Å²) in [5.41, 5.74) is 0. The molecule has 98 valence electrons. The van der Waals surface area contributed by atoms with Crippen molar-refractivity contribution in [3.63, 3.8) is 0 Å². The third-order valence-corrected chi connectivity index (χ3v) is 3.59. The molecule has 0 aliphatic carbocycles. The monoisotopic (exact) mass is 260 g/mol. The average Bonchev–Trinajstić information content (AvgIpc) is 2.35. The van der Waals surface area contributed by atoms with Gasteiger partial charge in [0.25, 0.3) is 0 Å². The summed E-state index contributed by atoms with van der Waals surface area (Å²) >= 11 is 1.69. The average molecular weight is 260 g/mol. The SMILES string of the molecule is CSCCN(C)C(=O)N1CCCC(C(=O)O)C1. The Hall–Kier alpha value is -0.910. The second-order valence-electron chi connectivity index (χ2n) is 4.32. The summed E-state index contributed by atoms with van der Waals surface area (Å²) < 4.78 is 0. The van der Waals surface area contributed by atoms with E-state index >= 15 is 0 Å². The normalized spacial score (nSPS) is 20.1. The van der Waals surface area contributed by atoms with Gasteiger partial charge in [0.2, 0.25) is 0 Å². The van der Waals surface area contributed by atoms with Crippen molar-refractivity contribution < 1.29 is 14.7 Å². The van der Waals surface area contributed by atoms with Crippen LogP contribution >= 0.6 is 11.8 Å². The van der Waals surface area contributed by atoms with Crippen molar-refractivity contribution in [2.24, 2.45) is 5.92 Å². The second kappa shape index (κ2) is 6.74. The van der Waals surface area contributed by atoms with E-state index in [0.717, 1.165) is 12.2 Å². The minimum atomic E-state index is -0.797. The quantitative estimate of drug-likeness (QED) is 0.825. The zero-order chi connectivity index (χ0) is 12.8. The number of rotatable bonds is 4. The van der Waals surface area contributed by atoms with E-state index in [9.17, 15) is 9.59 Å². The number of aliphatic carboxylic acids is 1. The van der Waals surface area contributed by atoms with Crippen LogP contribution in [0.3, 0.4) is 0 Å². The number of likely N-dealkylation sites (tertiary alicyclic amines) is 1. The van der Waals surface area contributed by atoms with E-state index in [1.165, 1.54) is 0 Å². The number of thioether (sulfide) groups is 1. The van der Waals surface area contributed by atoms with Crippen molar-refractivity contribution >= 4 is 23.8 Å². The third kappa shape index (κ3) is 4.11. The molecule has 2 amide bonds. The van der Waals surface area contributed by atoms with Gasteiger partial charge in [-0.05, 0) is 19.1 Å². The fourth-order valence-electron chi connectivity index (χ4n) is 1.92. The lowest BCUT2D eigenvalue weighted by molar-refractivity contribution is -0.143. The maximum absolute atomic E-state index is 12.0. The molecule has 0 aromatic rings. The summed E-state index contributed by atoms with van der Waals surface area (Å²) in [7, 11) is 1.77. The molecule has 0 aromatic carbocycles. The molecule has 1 saturated heterocycles. The summed E-state index contributed by atoms with van der Waals surface area (Å²) in [5, 5.41) is 8.96. The van der Waals surface area contributed by atoms with Gasteiger partial charge in [0, 0.05) is 32.4 Å². The predicted molar refractivity (Wildman–Crippen MR) is 68.3 cm³/mol. The largest absolute Gasteiger partial charge is 0.481 e. The van der Waals surface area contributed by atoms with E-state index in [2.05, 4.69) is 0 Å². The highest BCUT2D eigenvalue weighted by Gasteiger charge is 2.29. The van der Waals surface area contributed by atoms with E-state index in [0.29, 0.717) is 26.1 Å². The first kappa shape index (κ1) is 14.2. The van der Waals surface area contributed by atoms with Crippen LogP contribution in [-0.2, 0) is 4.79 Å². The fourth-order valence-corrected chi connectivity index (χ4v) is 2.37. The van der Waals surface area contributed by atoms with Gasteiger partial charge in [0.1, 0.15) is 0 Å². The topological polar surface area (TPSA) is 60.9 Å². The van der Waals surface area contributed by atoms with Gasteiger partial charge in [-0.3, -0.25) is 4.79 Å². The van der Waals surface area contributed by atoms with Crippen LogP contribution in [0, 0.1) is 5.92 Å². The number of carbonyl (C=O) groups excluding carboxylic acids is 1. The molecule has 1 rings (SSSR count). The van der Waals surface area contributed by atoms with Gasteiger partial charge in [-0.15, -0.1) is 0 Å². The molecule has 0 spiro atoms. The number of amides is 2. The zero-order valence-corrected chi connectivity index (χ0v) is 11.2. The first-order valence-electron chi connectivity index (χ1n) is 5.78. The van der Waals surface area contributed by atoms with Gasteiger partial charge in [0.05, 0.1) is 5.92 Å². The number of carboxylic acid groups (broad SMARTS) is 1. The van der Waals surface area contributed by atoms with Crippen LogP contribution in [-0.4, -0.2) is 65.6 Å². The molecule has 1 unspecified atom stereocenters. The van der Waals surface area contributed by atoms with E-state index < -0.39 is 11.9 Å². The molecular weight excluding hydrogens is 240 g/mol. The Balaban J connectivity index is 2.48. The maximum atomic E-state index is 12.0. The van der Waals surface area contributed by atoms with Crippen LogP contribution < -0.4 is 0 Å². The van der Waals surface area contributed by atoms with Gasteiger partial charge in [-0.25, -0.2) is 4.79 Å². The number of nitrogens with zero attached hydrogens (tertiary/aromatic N) is 2. The lowest BCUT2D eigenvalue weighted by Crippen LogP contribution is -2.48. The van der Waals surface area contributed by atoms with Crippen molar-refractivity contribution in [2.45, 2.75) is 12.8 Å². The van der Waals surface area contributed by atoms with Gasteiger partial charge in [0.15, 0.2) is 0 Å². The van der Waals surface area contributed by atoms with E-state index in [-0.39, 0.29) is 6.03 Å². The second-order valence-corrected chi connectivity index (χ2v) is 5.31. The van der Waals surface area contributed by atoms with Crippen LogP contribution in [0.15, 0.2) is 0 Å². The van der Waals surface area contributed by atoms with Gasteiger partial charge in [-0.1, -0.05) is 0 Å². The summed E-state index contributed by atoms with van der Waals surface area (Å²) in [6.07, 6.45) is 3.45.